The number of hydrogen-bond acceptors (Lipinski definition) is 5. The molecule has 0 fully saturated rings. The number of carbonyl (C=O) groups excluding carboxylic acids is 2. The summed E-state index contributed by atoms with van der Waals surface area (Å²) in [6.07, 6.45) is 2.03. The zero-order valence-corrected chi connectivity index (χ0v) is 14.6. The molecule has 0 bridgehead atoms. The molecule has 2 aromatic rings. The van der Waals surface area contributed by atoms with E-state index >= 15 is 0 Å². The summed E-state index contributed by atoms with van der Waals surface area (Å²) in [5, 5.41) is 6.53. The van der Waals surface area contributed by atoms with Crippen molar-refractivity contribution in [2.24, 2.45) is 0 Å². The molecule has 0 saturated heterocycles. The molecular weight excluding hydrogens is 326 g/mol. The Labute approximate surface area is 144 Å². The SMILES string of the molecule is COc1ccc(C)cc1NC(=O)[C@H](C)OC(=O)/C=C/c1ccsc1. The van der Waals surface area contributed by atoms with Gasteiger partial charge in [0.2, 0.25) is 0 Å². The maximum atomic E-state index is 12.2. The number of nitrogens with one attached hydrogen (secondary N) is 1. The van der Waals surface area contributed by atoms with E-state index in [4.69, 9.17) is 9.47 Å². The van der Waals surface area contributed by atoms with E-state index in [0.717, 1.165) is 11.1 Å². The molecule has 1 aromatic carbocycles. The van der Waals surface area contributed by atoms with E-state index < -0.39 is 18.0 Å². The number of aryl methyl sites for hydroxylation is 1. The molecule has 126 valence electrons. The number of thiophene rings is 1. The van der Waals surface area contributed by atoms with Crippen molar-refractivity contribution >= 4 is 35.0 Å². The van der Waals surface area contributed by atoms with Crippen LogP contribution in [0.2, 0.25) is 0 Å². The highest BCUT2D eigenvalue weighted by atomic mass is 32.1. The lowest BCUT2D eigenvalue weighted by molar-refractivity contribution is -0.148. The molecule has 0 aliphatic heterocycles. The summed E-state index contributed by atoms with van der Waals surface area (Å²) >= 11 is 1.54. The van der Waals surface area contributed by atoms with E-state index in [1.54, 1.807) is 18.2 Å². The van der Waals surface area contributed by atoms with Gasteiger partial charge in [-0.3, -0.25) is 4.79 Å². The van der Waals surface area contributed by atoms with Crippen molar-refractivity contribution < 1.29 is 19.1 Å². The lowest BCUT2D eigenvalue weighted by Gasteiger charge is -2.15. The summed E-state index contributed by atoms with van der Waals surface area (Å²) in [7, 11) is 1.53. The van der Waals surface area contributed by atoms with E-state index in [1.807, 2.05) is 29.8 Å². The predicted molar refractivity (Wildman–Crippen MR) is 95.3 cm³/mol. The highest BCUT2D eigenvalue weighted by molar-refractivity contribution is 7.08. The molecule has 0 aliphatic rings. The zero-order valence-electron chi connectivity index (χ0n) is 13.7. The Bertz CT molecular complexity index is 737. The molecule has 0 aliphatic carbocycles. The maximum absolute atomic E-state index is 12.2. The second kappa shape index (κ2) is 8.31. The van der Waals surface area contributed by atoms with Gasteiger partial charge in [0.15, 0.2) is 6.10 Å². The predicted octanol–water partition coefficient (Wildman–Crippen LogP) is 3.65. The second-order valence-corrected chi connectivity index (χ2v) is 5.94. The van der Waals surface area contributed by atoms with E-state index in [0.29, 0.717) is 11.4 Å². The largest absolute Gasteiger partial charge is 0.495 e. The van der Waals surface area contributed by atoms with Crippen molar-refractivity contribution in [3.8, 4) is 5.75 Å². The van der Waals surface area contributed by atoms with Gasteiger partial charge in [-0.1, -0.05) is 6.07 Å². The van der Waals surface area contributed by atoms with E-state index in [1.165, 1.54) is 31.4 Å². The third-order valence-corrected chi connectivity index (χ3v) is 3.93. The fraction of sp³-hybridized carbons (Fsp3) is 0.222. The lowest BCUT2D eigenvalue weighted by atomic mass is 10.2. The van der Waals surface area contributed by atoms with Crippen LogP contribution in [-0.2, 0) is 14.3 Å². The third-order valence-electron chi connectivity index (χ3n) is 3.23. The number of methoxy groups -OCH3 is 1. The smallest absolute Gasteiger partial charge is 0.331 e. The normalized spacial score (nSPS) is 12.0. The number of rotatable bonds is 6. The molecular formula is C18H19NO4S. The number of amides is 1. The van der Waals surface area contributed by atoms with Crippen LogP contribution in [0.4, 0.5) is 5.69 Å². The molecule has 0 spiro atoms. The minimum atomic E-state index is -0.921. The van der Waals surface area contributed by atoms with Crippen LogP contribution in [0.1, 0.15) is 18.1 Å². The number of hydrogen-bond donors (Lipinski definition) is 1. The fourth-order valence-electron chi connectivity index (χ4n) is 1.95. The van der Waals surface area contributed by atoms with Crippen LogP contribution in [-0.4, -0.2) is 25.1 Å². The second-order valence-electron chi connectivity index (χ2n) is 5.16. The standard InChI is InChI=1S/C18H19NO4S/c1-12-4-6-16(22-3)15(10-12)19-18(21)13(2)23-17(20)7-5-14-8-9-24-11-14/h4-11,13H,1-3H3,(H,19,21)/b7-5+/t13-/m0/s1. The van der Waals surface area contributed by atoms with Crippen molar-refractivity contribution in [2.45, 2.75) is 20.0 Å². The molecule has 1 aromatic heterocycles. The Balaban J connectivity index is 1.94. The van der Waals surface area contributed by atoms with Gasteiger partial charge < -0.3 is 14.8 Å². The summed E-state index contributed by atoms with van der Waals surface area (Å²) in [6.45, 7) is 3.43. The van der Waals surface area contributed by atoms with Gasteiger partial charge in [0.05, 0.1) is 12.8 Å². The Kier molecular flexibility index (Phi) is 6.14. The van der Waals surface area contributed by atoms with Gasteiger partial charge in [-0.2, -0.15) is 11.3 Å². The van der Waals surface area contributed by atoms with Crippen LogP contribution in [0.3, 0.4) is 0 Å². The first-order valence-electron chi connectivity index (χ1n) is 7.36. The van der Waals surface area contributed by atoms with E-state index in [2.05, 4.69) is 5.32 Å². The summed E-state index contributed by atoms with van der Waals surface area (Å²) in [6, 6.07) is 7.33. The number of ether oxygens (including phenoxy) is 2. The van der Waals surface area contributed by atoms with Crippen LogP contribution >= 0.6 is 11.3 Å². The van der Waals surface area contributed by atoms with Crippen molar-refractivity contribution in [3.63, 3.8) is 0 Å². The average molecular weight is 345 g/mol. The highest BCUT2D eigenvalue weighted by Crippen LogP contribution is 2.25. The van der Waals surface area contributed by atoms with E-state index in [9.17, 15) is 9.59 Å². The fourth-order valence-corrected chi connectivity index (χ4v) is 2.58. The van der Waals surface area contributed by atoms with E-state index in [-0.39, 0.29) is 0 Å². The molecule has 1 heterocycles. The van der Waals surface area contributed by atoms with Crippen molar-refractivity contribution in [1.29, 1.82) is 0 Å². The topological polar surface area (TPSA) is 64.6 Å². The Morgan fingerprint density at radius 3 is 2.75 bits per heavy atom. The Morgan fingerprint density at radius 1 is 1.29 bits per heavy atom. The molecule has 0 unspecified atom stereocenters. The van der Waals surface area contributed by atoms with Gasteiger partial charge in [0.1, 0.15) is 5.75 Å². The molecule has 0 radical (unpaired) electrons. The van der Waals surface area contributed by atoms with Gasteiger partial charge in [0, 0.05) is 6.08 Å². The first-order valence-corrected chi connectivity index (χ1v) is 8.30. The highest BCUT2D eigenvalue weighted by Gasteiger charge is 2.18. The number of carbonyl (C=O) groups is 2. The summed E-state index contributed by atoms with van der Waals surface area (Å²) in [4.78, 5) is 24.0. The summed E-state index contributed by atoms with van der Waals surface area (Å²) in [5.74, 6) is -0.443. The lowest BCUT2D eigenvalue weighted by Crippen LogP contribution is -2.29. The first-order chi connectivity index (χ1) is 11.5. The first kappa shape index (κ1) is 17.7. The number of anilines is 1. The van der Waals surface area contributed by atoms with Crippen molar-refractivity contribution in [1.82, 2.24) is 0 Å². The van der Waals surface area contributed by atoms with Crippen LogP contribution in [0.15, 0.2) is 41.1 Å². The summed E-state index contributed by atoms with van der Waals surface area (Å²) < 4.78 is 10.3. The molecule has 0 saturated carbocycles. The molecule has 1 N–H and O–H groups in total. The van der Waals surface area contributed by atoms with Crippen LogP contribution < -0.4 is 10.1 Å². The molecule has 1 atom stereocenters. The third kappa shape index (κ3) is 4.96. The molecule has 5 nitrogen and oxygen atoms in total. The van der Waals surface area contributed by atoms with Crippen LogP contribution in [0, 0.1) is 6.92 Å². The van der Waals surface area contributed by atoms with Crippen LogP contribution in [0.25, 0.3) is 6.08 Å². The van der Waals surface area contributed by atoms with Gasteiger partial charge >= 0.3 is 5.97 Å². The number of esters is 1. The summed E-state index contributed by atoms with van der Waals surface area (Å²) in [5.41, 5.74) is 2.44. The zero-order chi connectivity index (χ0) is 17.5. The minimum Gasteiger partial charge on any atom is -0.495 e. The molecule has 6 heteroatoms. The van der Waals surface area contributed by atoms with Gasteiger partial charge in [0.25, 0.3) is 5.91 Å². The average Bonchev–Trinajstić information content (AvgIpc) is 3.06. The number of benzene rings is 1. The molecule has 24 heavy (non-hydrogen) atoms. The van der Waals surface area contributed by atoms with Crippen molar-refractivity contribution in [2.75, 3.05) is 12.4 Å². The quantitative estimate of drug-likeness (QED) is 0.641. The Hall–Kier alpha value is -2.60. The van der Waals surface area contributed by atoms with Crippen molar-refractivity contribution in [3.05, 3.63) is 52.2 Å². The minimum absolute atomic E-state index is 0.420. The molecule has 2 rings (SSSR count). The monoisotopic (exact) mass is 345 g/mol. The Morgan fingerprint density at radius 2 is 2.08 bits per heavy atom. The van der Waals surface area contributed by atoms with Gasteiger partial charge in [-0.25, -0.2) is 4.79 Å². The maximum Gasteiger partial charge on any atom is 0.331 e. The molecule has 1 amide bonds. The van der Waals surface area contributed by atoms with Gasteiger partial charge in [-0.05, 0) is 60.0 Å². The van der Waals surface area contributed by atoms with Crippen LogP contribution in [0.5, 0.6) is 5.75 Å². The van der Waals surface area contributed by atoms with Gasteiger partial charge in [-0.15, -0.1) is 0 Å².